The summed E-state index contributed by atoms with van der Waals surface area (Å²) in [4.78, 5) is 29.2. The quantitative estimate of drug-likeness (QED) is 0.856. The molecule has 0 radical (unpaired) electrons. The van der Waals surface area contributed by atoms with Gasteiger partial charge in [0.25, 0.3) is 0 Å². The predicted molar refractivity (Wildman–Crippen MR) is 77.2 cm³/mol. The largest absolute Gasteiger partial charge is 0.472 e. The van der Waals surface area contributed by atoms with E-state index in [9.17, 15) is 9.59 Å². The highest BCUT2D eigenvalue weighted by molar-refractivity contribution is 5.97. The molecule has 2 aliphatic heterocycles. The zero-order valence-corrected chi connectivity index (χ0v) is 12.6. The number of carbonyl (C=O) groups excluding carboxylic acids is 2. The first-order valence-corrected chi connectivity index (χ1v) is 7.71. The minimum absolute atomic E-state index is 0.0919. The van der Waals surface area contributed by atoms with E-state index in [-0.39, 0.29) is 29.8 Å². The van der Waals surface area contributed by atoms with E-state index in [0.29, 0.717) is 6.54 Å². The lowest BCUT2D eigenvalue weighted by molar-refractivity contribution is -0.166. The van der Waals surface area contributed by atoms with Crippen molar-refractivity contribution in [2.75, 3.05) is 6.54 Å². The third-order valence-electron chi connectivity index (χ3n) is 4.51. The van der Waals surface area contributed by atoms with Crippen LogP contribution < -0.4 is 0 Å². The van der Waals surface area contributed by atoms with Crippen LogP contribution in [0.25, 0.3) is 0 Å². The Balaban J connectivity index is 1.90. The number of hydrogen-bond acceptors (Lipinski definition) is 3. The molecule has 3 rings (SSSR count). The second-order valence-corrected chi connectivity index (χ2v) is 6.33. The van der Waals surface area contributed by atoms with Gasteiger partial charge in [-0.05, 0) is 31.2 Å². The molecule has 0 bridgehead atoms. The van der Waals surface area contributed by atoms with Gasteiger partial charge in [0.15, 0.2) is 0 Å². The minimum Gasteiger partial charge on any atom is -0.472 e. The van der Waals surface area contributed by atoms with Crippen LogP contribution in [0.4, 0.5) is 0 Å². The van der Waals surface area contributed by atoms with Crippen molar-refractivity contribution in [3.63, 3.8) is 0 Å². The standard InChI is InChI=1S/C16H22N2O3/c1-11(2)14-16(20)17-7-4-3-5-13(17)15(19)18(14)9-12-6-8-21-10-12/h6,8,10-11,13-14H,3-5,7,9H2,1-2H3. The second kappa shape index (κ2) is 5.54. The molecule has 3 heterocycles. The van der Waals surface area contributed by atoms with Gasteiger partial charge < -0.3 is 14.2 Å². The van der Waals surface area contributed by atoms with Crippen molar-refractivity contribution < 1.29 is 14.0 Å². The predicted octanol–water partition coefficient (Wildman–Crippen LogP) is 2.03. The SMILES string of the molecule is CC(C)C1C(=O)N2CCCCC2C(=O)N1Cc1ccoc1. The topological polar surface area (TPSA) is 53.8 Å². The Labute approximate surface area is 124 Å². The Kier molecular flexibility index (Phi) is 3.74. The van der Waals surface area contributed by atoms with Crippen LogP contribution in [0.5, 0.6) is 0 Å². The first-order valence-electron chi connectivity index (χ1n) is 7.71. The third-order valence-corrected chi connectivity index (χ3v) is 4.51. The monoisotopic (exact) mass is 290 g/mol. The first kappa shape index (κ1) is 14.2. The Morgan fingerprint density at radius 2 is 2.10 bits per heavy atom. The van der Waals surface area contributed by atoms with E-state index in [0.717, 1.165) is 31.4 Å². The molecule has 21 heavy (non-hydrogen) atoms. The van der Waals surface area contributed by atoms with Crippen molar-refractivity contribution in [2.24, 2.45) is 5.92 Å². The van der Waals surface area contributed by atoms with Gasteiger partial charge in [-0.15, -0.1) is 0 Å². The Morgan fingerprint density at radius 1 is 1.29 bits per heavy atom. The number of rotatable bonds is 3. The number of fused-ring (bicyclic) bond motifs is 1. The van der Waals surface area contributed by atoms with Crippen LogP contribution in [-0.2, 0) is 16.1 Å². The molecule has 2 amide bonds. The van der Waals surface area contributed by atoms with Crippen molar-refractivity contribution in [3.8, 4) is 0 Å². The zero-order valence-electron chi connectivity index (χ0n) is 12.6. The number of amides is 2. The summed E-state index contributed by atoms with van der Waals surface area (Å²) in [7, 11) is 0. The van der Waals surface area contributed by atoms with Crippen molar-refractivity contribution in [1.29, 1.82) is 0 Å². The number of piperazine rings is 1. The second-order valence-electron chi connectivity index (χ2n) is 6.33. The van der Waals surface area contributed by atoms with Crippen molar-refractivity contribution in [3.05, 3.63) is 24.2 Å². The fraction of sp³-hybridized carbons (Fsp3) is 0.625. The highest BCUT2D eigenvalue weighted by Gasteiger charge is 2.47. The van der Waals surface area contributed by atoms with Gasteiger partial charge in [0.1, 0.15) is 12.1 Å². The van der Waals surface area contributed by atoms with Gasteiger partial charge in [0.05, 0.1) is 12.5 Å². The van der Waals surface area contributed by atoms with Gasteiger partial charge in [-0.25, -0.2) is 0 Å². The molecule has 1 aromatic heterocycles. The summed E-state index contributed by atoms with van der Waals surface area (Å²) in [6.45, 7) is 5.18. The molecule has 0 spiro atoms. The minimum atomic E-state index is -0.359. The summed E-state index contributed by atoms with van der Waals surface area (Å²) >= 11 is 0. The van der Waals surface area contributed by atoms with Crippen molar-refractivity contribution >= 4 is 11.8 Å². The van der Waals surface area contributed by atoms with E-state index >= 15 is 0 Å². The van der Waals surface area contributed by atoms with E-state index < -0.39 is 0 Å². The van der Waals surface area contributed by atoms with Crippen LogP contribution in [0.15, 0.2) is 23.0 Å². The maximum absolute atomic E-state index is 12.8. The van der Waals surface area contributed by atoms with Crippen molar-refractivity contribution in [2.45, 2.75) is 51.7 Å². The Bertz CT molecular complexity index is 524. The smallest absolute Gasteiger partial charge is 0.246 e. The normalized spacial score (nSPS) is 26.4. The van der Waals surface area contributed by atoms with E-state index in [1.165, 1.54) is 0 Å². The van der Waals surface area contributed by atoms with Crippen LogP contribution in [0.1, 0.15) is 38.7 Å². The summed E-state index contributed by atoms with van der Waals surface area (Å²) in [6.07, 6.45) is 6.05. The summed E-state index contributed by atoms with van der Waals surface area (Å²) in [5.41, 5.74) is 0.936. The summed E-state index contributed by atoms with van der Waals surface area (Å²) in [6, 6.07) is 1.23. The first-order chi connectivity index (χ1) is 10.1. The molecule has 0 saturated carbocycles. The molecule has 1 aromatic rings. The fourth-order valence-electron chi connectivity index (χ4n) is 3.48. The third kappa shape index (κ3) is 2.45. The molecule has 114 valence electrons. The Morgan fingerprint density at radius 3 is 2.76 bits per heavy atom. The van der Waals surface area contributed by atoms with E-state index in [1.807, 2.05) is 24.8 Å². The Hall–Kier alpha value is -1.78. The summed E-state index contributed by atoms with van der Waals surface area (Å²) in [5.74, 6) is 0.309. The molecular weight excluding hydrogens is 268 g/mol. The molecule has 2 atom stereocenters. The van der Waals surface area contributed by atoms with Gasteiger partial charge in [0.2, 0.25) is 11.8 Å². The molecule has 2 saturated heterocycles. The number of furan rings is 1. The van der Waals surface area contributed by atoms with Crippen LogP contribution in [0.2, 0.25) is 0 Å². The maximum atomic E-state index is 12.8. The van der Waals surface area contributed by atoms with Gasteiger partial charge in [-0.3, -0.25) is 9.59 Å². The molecule has 2 aliphatic rings. The number of carbonyl (C=O) groups is 2. The molecule has 0 aliphatic carbocycles. The lowest BCUT2D eigenvalue weighted by atomic mass is 9.90. The molecule has 5 nitrogen and oxygen atoms in total. The lowest BCUT2D eigenvalue weighted by Crippen LogP contribution is -2.66. The zero-order chi connectivity index (χ0) is 15.0. The number of nitrogens with zero attached hydrogens (tertiary/aromatic N) is 2. The molecule has 2 fully saturated rings. The molecular formula is C16H22N2O3. The fourth-order valence-corrected chi connectivity index (χ4v) is 3.48. The van der Waals surface area contributed by atoms with Crippen LogP contribution in [0.3, 0.4) is 0 Å². The summed E-state index contributed by atoms with van der Waals surface area (Å²) in [5, 5.41) is 0. The average molecular weight is 290 g/mol. The van der Waals surface area contributed by atoms with Crippen LogP contribution in [0, 0.1) is 5.92 Å². The van der Waals surface area contributed by atoms with Gasteiger partial charge in [-0.2, -0.15) is 0 Å². The molecule has 0 N–H and O–H groups in total. The van der Waals surface area contributed by atoms with E-state index in [1.54, 1.807) is 17.4 Å². The van der Waals surface area contributed by atoms with Crippen LogP contribution >= 0.6 is 0 Å². The highest BCUT2D eigenvalue weighted by atomic mass is 16.3. The van der Waals surface area contributed by atoms with E-state index in [4.69, 9.17) is 4.42 Å². The van der Waals surface area contributed by atoms with Gasteiger partial charge in [0, 0.05) is 18.7 Å². The lowest BCUT2D eigenvalue weighted by Gasteiger charge is -2.48. The van der Waals surface area contributed by atoms with Gasteiger partial charge >= 0.3 is 0 Å². The van der Waals surface area contributed by atoms with Crippen molar-refractivity contribution in [1.82, 2.24) is 9.80 Å². The van der Waals surface area contributed by atoms with E-state index in [2.05, 4.69) is 0 Å². The number of hydrogen-bond donors (Lipinski definition) is 0. The molecule has 2 unspecified atom stereocenters. The average Bonchev–Trinajstić information content (AvgIpc) is 2.97. The summed E-state index contributed by atoms with van der Waals surface area (Å²) < 4.78 is 5.09. The molecule has 0 aromatic carbocycles. The maximum Gasteiger partial charge on any atom is 0.246 e. The van der Waals surface area contributed by atoms with Gasteiger partial charge in [-0.1, -0.05) is 13.8 Å². The number of piperidine rings is 1. The van der Waals surface area contributed by atoms with Crippen LogP contribution in [-0.4, -0.2) is 40.2 Å². The molecule has 5 heteroatoms. The highest BCUT2D eigenvalue weighted by Crippen LogP contribution is 2.30.